The van der Waals surface area contributed by atoms with Crippen molar-refractivity contribution >= 4 is 28.9 Å². The van der Waals surface area contributed by atoms with Crippen LogP contribution in [-0.4, -0.2) is 34.1 Å². The van der Waals surface area contributed by atoms with E-state index in [9.17, 15) is 9.59 Å². The number of nitrogens with one attached hydrogen (secondary N) is 2. The zero-order chi connectivity index (χ0) is 21.1. The van der Waals surface area contributed by atoms with Crippen molar-refractivity contribution in [2.45, 2.75) is 39.4 Å². The molecule has 30 heavy (non-hydrogen) atoms. The van der Waals surface area contributed by atoms with Gasteiger partial charge in [-0.25, -0.2) is 9.78 Å². The monoisotopic (exact) mass is 405 g/mol. The molecule has 7 nitrogen and oxygen atoms in total. The largest absolute Gasteiger partial charge is 0.350 e. The fourth-order valence-corrected chi connectivity index (χ4v) is 3.79. The van der Waals surface area contributed by atoms with Gasteiger partial charge in [-0.2, -0.15) is 0 Å². The first-order valence-electron chi connectivity index (χ1n) is 10.4. The fraction of sp³-hybridized carbons (Fsp3) is 0.348. The summed E-state index contributed by atoms with van der Waals surface area (Å²) in [4.78, 5) is 32.2. The third kappa shape index (κ3) is 3.87. The van der Waals surface area contributed by atoms with Crippen LogP contribution in [0.15, 0.2) is 54.6 Å². The number of carbonyl (C=O) groups is 2. The van der Waals surface area contributed by atoms with Crippen molar-refractivity contribution in [1.29, 1.82) is 0 Å². The van der Waals surface area contributed by atoms with Gasteiger partial charge in [-0.15, -0.1) is 0 Å². The molecule has 2 atom stereocenters. The van der Waals surface area contributed by atoms with Crippen LogP contribution in [0.25, 0.3) is 11.0 Å². The topological polar surface area (TPSA) is 79.3 Å². The number of rotatable bonds is 6. The number of hydrogen-bond donors (Lipinski definition) is 2. The molecule has 156 valence electrons. The van der Waals surface area contributed by atoms with Crippen LogP contribution in [0.3, 0.4) is 0 Å². The molecular weight excluding hydrogens is 378 g/mol. The molecule has 1 aliphatic rings. The zero-order valence-electron chi connectivity index (χ0n) is 17.3. The molecule has 7 heteroatoms. The Hall–Kier alpha value is -3.35. The smallest absolute Gasteiger partial charge is 0.324 e. The molecule has 3 aromatic rings. The number of nitrogens with zero attached hydrogens (tertiary/aromatic N) is 3. The lowest BCUT2D eigenvalue weighted by Gasteiger charge is -2.26. The van der Waals surface area contributed by atoms with Gasteiger partial charge in [-0.1, -0.05) is 62.7 Å². The van der Waals surface area contributed by atoms with Crippen LogP contribution in [0.5, 0.6) is 0 Å². The van der Waals surface area contributed by atoms with E-state index in [1.807, 2.05) is 73.0 Å². The Bertz CT molecular complexity index is 1050. The lowest BCUT2D eigenvalue weighted by atomic mass is 9.98. The normalized spacial score (nSPS) is 14.9. The van der Waals surface area contributed by atoms with Gasteiger partial charge in [0.05, 0.1) is 11.0 Å². The van der Waals surface area contributed by atoms with Crippen LogP contribution < -0.4 is 15.5 Å². The van der Waals surface area contributed by atoms with E-state index in [4.69, 9.17) is 0 Å². The van der Waals surface area contributed by atoms with E-state index < -0.39 is 6.04 Å². The van der Waals surface area contributed by atoms with Gasteiger partial charge in [0.25, 0.3) is 0 Å². The molecule has 2 heterocycles. The Labute approximate surface area is 176 Å². The van der Waals surface area contributed by atoms with Gasteiger partial charge >= 0.3 is 6.03 Å². The van der Waals surface area contributed by atoms with Crippen LogP contribution in [0, 0.1) is 5.92 Å². The van der Waals surface area contributed by atoms with E-state index in [0.717, 1.165) is 23.0 Å². The highest BCUT2D eigenvalue weighted by Gasteiger charge is 2.32. The molecular formula is C23H27N5O2. The molecule has 0 spiro atoms. The lowest BCUT2D eigenvalue weighted by molar-refractivity contribution is -0.124. The van der Waals surface area contributed by atoms with E-state index in [0.29, 0.717) is 25.6 Å². The summed E-state index contributed by atoms with van der Waals surface area (Å²) < 4.78 is 2.04. The predicted molar refractivity (Wildman–Crippen MR) is 117 cm³/mol. The second-order valence-corrected chi connectivity index (χ2v) is 7.72. The van der Waals surface area contributed by atoms with Crippen LogP contribution >= 0.6 is 0 Å². The zero-order valence-corrected chi connectivity index (χ0v) is 17.3. The SMILES string of the molecule is CC[C@@H](C)[C@H](NC(=O)N1CCn2c1nc1ccccc12)C(=O)NCc1ccccc1. The van der Waals surface area contributed by atoms with E-state index in [1.165, 1.54) is 0 Å². The van der Waals surface area contributed by atoms with Crippen molar-refractivity contribution in [3.63, 3.8) is 0 Å². The Kier molecular flexibility index (Phi) is 5.70. The summed E-state index contributed by atoms with van der Waals surface area (Å²) in [6.45, 7) is 5.66. The van der Waals surface area contributed by atoms with Crippen molar-refractivity contribution in [3.8, 4) is 0 Å². The summed E-state index contributed by atoms with van der Waals surface area (Å²) in [5.41, 5.74) is 2.90. The second-order valence-electron chi connectivity index (χ2n) is 7.72. The fourth-order valence-electron chi connectivity index (χ4n) is 3.79. The van der Waals surface area contributed by atoms with Crippen molar-refractivity contribution in [1.82, 2.24) is 20.2 Å². The van der Waals surface area contributed by atoms with Gasteiger partial charge in [0.15, 0.2) is 0 Å². The maximum atomic E-state index is 13.1. The highest BCUT2D eigenvalue weighted by Crippen LogP contribution is 2.27. The Morgan fingerprint density at radius 2 is 1.80 bits per heavy atom. The van der Waals surface area contributed by atoms with Gasteiger partial charge in [-0.3, -0.25) is 9.69 Å². The Balaban J connectivity index is 1.47. The molecule has 4 rings (SSSR count). The van der Waals surface area contributed by atoms with Crippen LogP contribution in [0.4, 0.5) is 10.7 Å². The number of anilines is 1. The van der Waals surface area contributed by atoms with Crippen molar-refractivity contribution in [2.24, 2.45) is 5.92 Å². The molecule has 0 saturated heterocycles. The molecule has 2 aromatic carbocycles. The number of para-hydroxylation sites is 2. The average molecular weight is 406 g/mol. The number of amides is 3. The van der Waals surface area contributed by atoms with Gasteiger partial charge in [-0.05, 0) is 23.6 Å². The molecule has 3 amide bonds. The molecule has 0 aliphatic carbocycles. The minimum atomic E-state index is -0.607. The van der Waals surface area contributed by atoms with Crippen LogP contribution in [-0.2, 0) is 17.9 Å². The van der Waals surface area contributed by atoms with Crippen LogP contribution in [0.1, 0.15) is 25.8 Å². The molecule has 0 radical (unpaired) electrons. The molecule has 2 N–H and O–H groups in total. The number of benzene rings is 2. The van der Waals surface area contributed by atoms with E-state index in [2.05, 4.69) is 15.6 Å². The molecule has 0 unspecified atom stereocenters. The van der Waals surface area contributed by atoms with Gasteiger partial charge in [0, 0.05) is 19.6 Å². The maximum Gasteiger partial charge on any atom is 0.324 e. The molecule has 1 aromatic heterocycles. The predicted octanol–water partition coefficient (Wildman–Crippen LogP) is 3.30. The Morgan fingerprint density at radius 3 is 2.57 bits per heavy atom. The quantitative estimate of drug-likeness (QED) is 0.660. The highest BCUT2D eigenvalue weighted by atomic mass is 16.2. The van der Waals surface area contributed by atoms with E-state index in [-0.39, 0.29) is 17.9 Å². The third-order valence-electron chi connectivity index (χ3n) is 5.75. The first kappa shape index (κ1) is 19.9. The first-order chi connectivity index (χ1) is 14.6. The minimum Gasteiger partial charge on any atom is -0.350 e. The van der Waals surface area contributed by atoms with E-state index in [1.54, 1.807) is 4.90 Å². The molecule has 0 saturated carbocycles. The summed E-state index contributed by atoms with van der Waals surface area (Å²) >= 11 is 0. The van der Waals surface area contributed by atoms with E-state index >= 15 is 0 Å². The molecule has 0 fully saturated rings. The summed E-state index contributed by atoms with van der Waals surface area (Å²) in [6.07, 6.45) is 0.780. The third-order valence-corrected chi connectivity index (χ3v) is 5.75. The number of aromatic nitrogens is 2. The summed E-state index contributed by atoms with van der Waals surface area (Å²) in [5, 5.41) is 5.91. The number of urea groups is 1. The van der Waals surface area contributed by atoms with Crippen LogP contribution in [0.2, 0.25) is 0 Å². The Morgan fingerprint density at radius 1 is 1.07 bits per heavy atom. The maximum absolute atomic E-state index is 13.1. The number of imidazole rings is 1. The minimum absolute atomic E-state index is 0.00569. The summed E-state index contributed by atoms with van der Waals surface area (Å²) in [6, 6.07) is 16.7. The standard InChI is InChI=1S/C23H27N5O2/c1-3-16(2)20(21(29)24-15-17-9-5-4-6-10-17)26-23(30)28-14-13-27-19-12-8-7-11-18(19)25-22(27)28/h4-12,16,20H,3,13-15H2,1-2H3,(H,24,29)(H,26,30)/t16-,20+/m1/s1. The summed E-state index contributed by atoms with van der Waals surface area (Å²) in [7, 11) is 0. The van der Waals surface area contributed by atoms with Gasteiger partial charge < -0.3 is 15.2 Å². The number of fused-ring (bicyclic) bond motifs is 3. The van der Waals surface area contributed by atoms with Gasteiger partial charge in [0.2, 0.25) is 11.9 Å². The average Bonchev–Trinajstić information content (AvgIpc) is 3.35. The van der Waals surface area contributed by atoms with Gasteiger partial charge in [0.1, 0.15) is 6.04 Å². The number of hydrogen-bond acceptors (Lipinski definition) is 3. The first-order valence-corrected chi connectivity index (χ1v) is 10.4. The number of carbonyl (C=O) groups excluding carboxylic acids is 2. The van der Waals surface area contributed by atoms with Crippen molar-refractivity contribution in [3.05, 3.63) is 60.2 Å². The molecule has 0 bridgehead atoms. The summed E-state index contributed by atoms with van der Waals surface area (Å²) in [5.74, 6) is 0.460. The lowest BCUT2D eigenvalue weighted by Crippen LogP contribution is -2.53. The second kappa shape index (κ2) is 8.57. The molecule has 1 aliphatic heterocycles. The highest BCUT2D eigenvalue weighted by molar-refractivity contribution is 5.96. The van der Waals surface area contributed by atoms with Crippen molar-refractivity contribution < 1.29 is 9.59 Å². The van der Waals surface area contributed by atoms with Crippen molar-refractivity contribution in [2.75, 3.05) is 11.4 Å².